The largest absolute Gasteiger partial charge is 0.296 e. The number of aldehydes is 1. The minimum Gasteiger partial charge on any atom is -0.296 e. The SMILES string of the molecule is O=Cc1cccc(-c2ccccc2)n1. The third kappa shape index (κ3) is 1.69. The minimum absolute atomic E-state index is 0.464. The number of hydrogen-bond acceptors (Lipinski definition) is 2. The van der Waals surface area contributed by atoms with E-state index in [1.54, 1.807) is 6.07 Å². The fourth-order valence-electron chi connectivity index (χ4n) is 1.29. The highest BCUT2D eigenvalue weighted by molar-refractivity contribution is 5.73. The Kier molecular flexibility index (Phi) is 2.36. The first kappa shape index (κ1) is 8.63. The molecule has 0 amide bonds. The summed E-state index contributed by atoms with van der Waals surface area (Å²) in [5, 5.41) is 0. The summed E-state index contributed by atoms with van der Waals surface area (Å²) in [6.07, 6.45) is 0.756. The maximum absolute atomic E-state index is 10.5. The molecule has 2 nitrogen and oxygen atoms in total. The fourth-order valence-corrected chi connectivity index (χ4v) is 1.29. The summed E-state index contributed by atoms with van der Waals surface area (Å²) in [6, 6.07) is 15.2. The van der Waals surface area contributed by atoms with Gasteiger partial charge in [-0.15, -0.1) is 0 Å². The maximum Gasteiger partial charge on any atom is 0.168 e. The van der Waals surface area contributed by atoms with Crippen molar-refractivity contribution >= 4 is 6.29 Å². The van der Waals surface area contributed by atoms with E-state index >= 15 is 0 Å². The molecule has 0 saturated carbocycles. The van der Waals surface area contributed by atoms with Gasteiger partial charge in [-0.05, 0) is 12.1 Å². The topological polar surface area (TPSA) is 30.0 Å². The summed E-state index contributed by atoms with van der Waals surface area (Å²) in [7, 11) is 0. The lowest BCUT2D eigenvalue weighted by molar-refractivity contribution is 0.111. The molecule has 0 aliphatic rings. The van der Waals surface area contributed by atoms with Crippen LogP contribution in [0.2, 0.25) is 0 Å². The van der Waals surface area contributed by atoms with Gasteiger partial charge >= 0.3 is 0 Å². The Hall–Kier alpha value is -1.96. The fraction of sp³-hybridized carbons (Fsp3) is 0. The molecule has 14 heavy (non-hydrogen) atoms. The monoisotopic (exact) mass is 183 g/mol. The van der Waals surface area contributed by atoms with E-state index in [1.165, 1.54) is 0 Å². The molecule has 0 spiro atoms. The van der Waals surface area contributed by atoms with Gasteiger partial charge in [-0.2, -0.15) is 0 Å². The van der Waals surface area contributed by atoms with Crippen molar-refractivity contribution in [1.82, 2.24) is 4.98 Å². The van der Waals surface area contributed by atoms with Crippen LogP contribution in [-0.2, 0) is 0 Å². The van der Waals surface area contributed by atoms with E-state index in [-0.39, 0.29) is 0 Å². The highest BCUT2D eigenvalue weighted by Crippen LogP contribution is 2.15. The molecule has 0 aliphatic heterocycles. The molecule has 0 atom stereocenters. The van der Waals surface area contributed by atoms with Crippen LogP contribution in [0.25, 0.3) is 11.3 Å². The van der Waals surface area contributed by atoms with Gasteiger partial charge < -0.3 is 0 Å². The molecule has 2 rings (SSSR count). The number of pyridine rings is 1. The van der Waals surface area contributed by atoms with Gasteiger partial charge in [-0.1, -0.05) is 36.4 Å². The summed E-state index contributed by atoms with van der Waals surface area (Å²) >= 11 is 0. The van der Waals surface area contributed by atoms with E-state index < -0.39 is 0 Å². The Morgan fingerprint density at radius 1 is 0.929 bits per heavy atom. The lowest BCUT2D eigenvalue weighted by Crippen LogP contribution is -1.88. The van der Waals surface area contributed by atoms with Crippen molar-refractivity contribution in [2.75, 3.05) is 0 Å². The predicted molar refractivity (Wildman–Crippen MR) is 55.1 cm³/mol. The van der Waals surface area contributed by atoms with Crippen molar-refractivity contribution < 1.29 is 4.79 Å². The summed E-state index contributed by atoms with van der Waals surface area (Å²) < 4.78 is 0. The van der Waals surface area contributed by atoms with Crippen LogP contribution in [0.3, 0.4) is 0 Å². The quantitative estimate of drug-likeness (QED) is 0.670. The van der Waals surface area contributed by atoms with Gasteiger partial charge in [0, 0.05) is 5.56 Å². The molecule has 0 unspecified atom stereocenters. The summed E-state index contributed by atoms with van der Waals surface area (Å²) in [4.78, 5) is 14.7. The standard InChI is InChI=1S/C12H9NO/c14-9-11-7-4-8-12(13-11)10-5-2-1-3-6-10/h1-9H. The van der Waals surface area contributed by atoms with E-state index in [4.69, 9.17) is 0 Å². The second-order valence-electron chi connectivity index (χ2n) is 2.93. The zero-order valence-electron chi connectivity index (χ0n) is 7.55. The lowest BCUT2D eigenvalue weighted by Gasteiger charge is -1.99. The highest BCUT2D eigenvalue weighted by Gasteiger charge is 1.98. The molecule has 1 aromatic heterocycles. The van der Waals surface area contributed by atoms with Crippen LogP contribution >= 0.6 is 0 Å². The number of carbonyl (C=O) groups is 1. The minimum atomic E-state index is 0.464. The molecule has 0 aliphatic carbocycles. The molecular formula is C12H9NO. The first-order chi connectivity index (χ1) is 6.90. The van der Waals surface area contributed by atoms with Crippen LogP contribution in [0.5, 0.6) is 0 Å². The maximum atomic E-state index is 10.5. The number of carbonyl (C=O) groups excluding carboxylic acids is 1. The van der Waals surface area contributed by atoms with E-state index in [2.05, 4.69) is 4.98 Å². The second-order valence-corrected chi connectivity index (χ2v) is 2.93. The third-order valence-corrected chi connectivity index (χ3v) is 1.96. The second kappa shape index (κ2) is 3.83. The Morgan fingerprint density at radius 2 is 1.71 bits per heavy atom. The number of nitrogens with zero attached hydrogens (tertiary/aromatic N) is 1. The van der Waals surface area contributed by atoms with Crippen LogP contribution in [0, 0.1) is 0 Å². The van der Waals surface area contributed by atoms with Gasteiger partial charge in [0.1, 0.15) is 5.69 Å². The number of aromatic nitrogens is 1. The summed E-state index contributed by atoms with van der Waals surface area (Å²) in [5.74, 6) is 0. The average molecular weight is 183 g/mol. The average Bonchev–Trinajstić information content (AvgIpc) is 2.30. The molecule has 0 radical (unpaired) electrons. The van der Waals surface area contributed by atoms with Gasteiger partial charge in [0.15, 0.2) is 6.29 Å². The van der Waals surface area contributed by atoms with Crippen molar-refractivity contribution in [3.05, 3.63) is 54.2 Å². The highest BCUT2D eigenvalue weighted by atomic mass is 16.1. The molecule has 68 valence electrons. The zero-order chi connectivity index (χ0) is 9.80. The Morgan fingerprint density at radius 3 is 2.43 bits per heavy atom. The molecule has 0 bridgehead atoms. The van der Waals surface area contributed by atoms with Gasteiger partial charge in [0.2, 0.25) is 0 Å². The van der Waals surface area contributed by atoms with E-state index in [9.17, 15) is 4.79 Å². The van der Waals surface area contributed by atoms with Crippen LogP contribution in [0.15, 0.2) is 48.5 Å². The van der Waals surface area contributed by atoms with Crippen molar-refractivity contribution in [1.29, 1.82) is 0 Å². The molecular weight excluding hydrogens is 174 g/mol. The summed E-state index contributed by atoms with van der Waals surface area (Å²) in [5.41, 5.74) is 2.32. The molecule has 1 aromatic carbocycles. The van der Waals surface area contributed by atoms with Gasteiger partial charge in [-0.25, -0.2) is 4.98 Å². The van der Waals surface area contributed by atoms with Crippen molar-refractivity contribution in [3.63, 3.8) is 0 Å². The summed E-state index contributed by atoms with van der Waals surface area (Å²) in [6.45, 7) is 0. The van der Waals surface area contributed by atoms with Crippen molar-refractivity contribution in [3.8, 4) is 11.3 Å². The Bertz CT molecular complexity index is 437. The number of hydrogen-bond donors (Lipinski definition) is 0. The third-order valence-electron chi connectivity index (χ3n) is 1.96. The zero-order valence-corrected chi connectivity index (χ0v) is 7.55. The van der Waals surface area contributed by atoms with Crippen molar-refractivity contribution in [2.45, 2.75) is 0 Å². The molecule has 0 fully saturated rings. The number of rotatable bonds is 2. The van der Waals surface area contributed by atoms with E-state index in [0.717, 1.165) is 17.5 Å². The number of benzene rings is 1. The van der Waals surface area contributed by atoms with Crippen molar-refractivity contribution in [2.24, 2.45) is 0 Å². The van der Waals surface area contributed by atoms with E-state index in [1.807, 2.05) is 42.5 Å². The predicted octanol–water partition coefficient (Wildman–Crippen LogP) is 2.56. The normalized spacial score (nSPS) is 9.71. The first-order valence-electron chi connectivity index (χ1n) is 4.38. The molecule has 2 heteroatoms. The molecule has 2 aromatic rings. The van der Waals surface area contributed by atoms with Gasteiger partial charge in [-0.3, -0.25) is 4.79 Å². The van der Waals surface area contributed by atoms with E-state index in [0.29, 0.717) is 5.69 Å². The Labute approximate surface area is 82.2 Å². The molecule has 0 saturated heterocycles. The van der Waals surface area contributed by atoms with Gasteiger partial charge in [0.25, 0.3) is 0 Å². The van der Waals surface area contributed by atoms with Crippen LogP contribution < -0.4 is 0 Å². The Balaban J connectivity index is 2.47. The van der Waals surface area contributed by atoms with Crippen LogP contribution in [0.4, 0.5) is 0 Å². The van der Waals surface area contributed by atoms with Gasteiger partial charge in [0.05, 0.1) is 5.69 Å². The first-order valence-corrected chi connectivity index (χ1v) is 4.38. The smallest absolute Gasteiger partial charge is 0.168 e. The molecule has 0 N–H and O–H groups in total. The van der Waals surface area contributed by atoms with Crippen LogP contribution in [0.1, 0.15) is 10.5 Å². The molecule has 1 heterocycles. The lowest BCUT2D eigenvalue weighted by atomic mass is 10.1. The van der Waals surface area contributed by atoms with Crippen LogP contribution in [-0.4, -0.2) is 11.3 Å².